The molecule has 1 fully saturated rings. The van der Waals surface area contributed by atoms with Crippen molar-refractivity contribution in [3.8, 4) is 0 Å². The summed E-state index contributed by atoms with van der Waals surface area (Å²) in [5.74, 6) is 0.474. The van der Waals surface area contributed by atoms with Crippen LogP contribution in [0.5, 0.6) is 0 Å². The Balaban J connectivity index is 1.37. The maximum atomic E-state index is 13.1. The van der Waals surface area contributed by atoms with Crippen LogP contribution in [-0.2, 0) is 13.6 Å². The van der Waals surface area contributed by atoms with Crippen LogP contribution in [0.15, 0.2) is 53.6 Å². The largest absolute Gasteiger partial charge is 0.357 e. The third-order valence-electron chi connectivity index (χ3n) is 5.96. The Labute approximate surface area is 170 Å². The van der Waals surface area contributed by atoms with Crippen molar-refractivity contribution in [2.45, 2.75) is 19.4 Å². The van der Waals surface area contributed by atoms with E-state index in [2.05, 4.69) is 40.2 Å². The average Bonchev–Trinajstić information content (AvgIpc) is 3.22. The highest BCUT2D eigenvalue weighted by molar-refractivity contribution is 6.05. The van der Waals surface area contributed by atoms with Gasteiger partial charge in [-0.05, 0) is 43.5 Å². The number of nitrogens with one attached hydrogen (secondary N) is 1. The highest BCUT2D eigenvalue weighted by Crippen LogP contribution is 2.22. The van der Waals surface area contributed by atoms with Crippen LogP contribution < -0.4 is 5.56 Å². The van der Waals surface area contributed by atoms with E-state index in [4.69, 9.17) is 0 Å². The summed E-state index contributed by atoms with van der Waals surface area (Å²) in [6, 6.07) is 12.4. The summed E-state index contributed by atoms with van der Waals surface area (Å²) < 4.78 is 1.47. The van der Waals surface area contributed by atoms with Crippen LogP contribution in [0.25, 0.3) is 10.9 Å². The van der Waals surface area contributed by atoms with Crippen LogP contribution in [0, 0.1) is 5.92 Å². The maximum absolute atomic E-state index is 13.1. The van der Waals surface area contributed by atoms with E-state index in [1.807, 2.05) is 11.9 Å². The zero-order valence-corrected chi connectivity index (χ0v) is 17.1. The summed E-state index contributed by atoms with van der Waals surface area (Å²) in [6.45, 7) is 3.85. The van der Waals surface area contributed by atoms with Crippen LogP contribution in [-0.4, -0.2) is 51.9 Å². The van der Waals surface area contributed by atoms with Gasteiger partial charge in [0.1, 0.15) is 5.52 Å². The van der Waals surface area contributed by atoms with Gasteiger partial charge in [0.2, 0.25) is 0 Å². The van der Waals surface area contributed by atoms with Gasteiger partial charge in [0.05, 0.1) is 5.56 Å². The topological polar surface area (TPSA) is 61.3 Å². The number of piperidine rings is 1. The van der Waals surface area contributed by atoms with Crippen LogP contribution in [0.1, 0.15) is 28.8 Å². The Hall–Kier alpha value is -2.86. The van der Waals surface area contributed by atoms with Crippen molar-refractivity contribution in [3.05, 3.63) is 70.3 Å². The van der Waals surface area contributed by atoms with E-state index in [0.29, 0.717) is 22.4 Å². The number of rotatable bonds is 5. The van der Waals surface area contributed by atoms with Gasteiger partial charge in [-0.3, -0.25) is 14.5 Å². The van der Waals surface area contributed by atoms with Crippen LogP contribution >= 0.6 is 0 Å². The molecule has 0 unspecified atom stereocenters. The van der Waals surface area contributed by atoms with Crippen LogP contribution in [0.3, 0.4) is 0 Å². The lowest BCUT2D eigenvalue weighted by molar-refractivity contribution is 0.0738. The first-order valence-electron chi connectivity index (χ1n) is 10.2. The molecule has 1 aromatic carbocycles. The van der Waals surface area contributed by atoms with Crippen LogP contribution in [0.2, 0.25) is 0 Å². The van der Waals surface area contributed by atoms with Crippen molar-refractivity contribution in [1.29, 1.82) is 0 Å². The SMILES string of the molecule is CN(CC1CCN(Cc2ccccc2)CC1)C(=O)c1cn(C)c(=O)c2[nH]ccc12. The number of hydrogen-bond donors (Lipinski definition) is 1. The molecule has 1 aliphatic rings. The minimum Gasteiger partial charge on any atom is -0.357 e. The van der Waals surface area contributed by atoms with Crippen molar-refractivity contribution in [2.75, 3.05) is 26.7 Å². The molecule has 2 aromatic heterocycles. The second-order valence-corrected chi connectivity index (χ2v) is 8.12. The number of pyridine rings is 1. The number of aromatic amines is 1. The fraction of sp³-hybridized carbons (Fsp3) is 0.391. The van der Waals surface area contributed by atoms with Crippen molar-refractivity contribution in [1.82, 2.24) is 19.4 Å². The molecule has 4 rings (SSSR count). The first kappa shape index (κ1) is 19.5. The molecular formula is C23H28N4O2. The number of benzene rings is 1. The standard InChI is InChI=1S/C23H28N4O2/c1-25(22(28)20-16-26(2)23(29)21-19(20)8-11-24-21)14-18-9-12-27(13-10-18)15-17-6-4-3-5-7-17/h3-8,11,16,18,24H,9-10,12-15H2,1-2H3. The summed E-state index contributed by atoms with van der Waals surface area (Å²) in [5, 5.41) is 0.697. The molecule has 0 radical (unpaired) electrons. The number of nitrogens with zero attached hydrogens (tertiary/aromatic N) is 3. The summed E-state index contributed by atoms with van der Waals surface area (Å²) in [6.07, 6.45) is 5.56. The second kappa shape index (κ2) is 8.25. The van der Waals surface area contributed by atoms with Gasteiger partial charge in [-0.15, -0.1) is 0 Å². The molecule has 1 amide bonds. The highest BCUT2D eigenvalue weighted by Gasteiger charge is 2.24. The van der Waals surface area contributed by atoms with E-state index in [1.54, 1.807) is 25.5 Å². The Morgan fingerprint density at radius 3 is 2.62 bits per heavy atom. The van der Waals surface area contributed by atoms with Crippen LogP contribution in [0.4, 0.5) is 0 Å². The number of carbonyl (C=O) groups is 1. The van der Waals surface area contributed by atoms with E-state index >= 15 is 0 Å². The summed E-state index contributed by atoms with van der Waals surface area (Å²) >= 11 is 0. The zero-order chi connectivity index (χ0) is 20.4. The van der Waals surface area contributed by atoms with E-state index < -0.39 is 0 Å². The van der Waals surface area contributed by atoms with Gasteiger partial charge >= 0.3 is 0 Å². The lowest BCUT2D eigenvalue weighted by Gasteiger charge is -2.34. The molecule has 3 heterocycles. The minimum absolute atomic E-state index is 0.0306. The fourth-order valence-corrected chi connectivity index (χ4v) is 4.28. The van der Waals surface area contributed by atoms with Gasteiger partial charge in [-0.25, -0.2) is 0 Å². The number of aromatic nitrogens is 2. The van der Waals surface area contributed by atoms with E-state index in [0.717, 1.165) is 39.0 Å². The summed E-state index contributed by atoms with van der Waals surface area (Å²) in [5.41, 5.74) is 2.30. The monoisotopic (exact) mass is 392 g/mol. The molecule has 0 atom stereocenters. The first-order chi connectivity index (χ1) is 14.0. The first-order valence-corrected chi connectivity index (χ1v) is 10.2. The number of fused-ring (bicyclic) bond motifs is 1. The molecule has 0 aliphatic carbocycles. The molecule has 1 N–H and O–H groups in total. The Bertz CT molecular complexity index is 1050. The fourth-order valence-electron chi connectivity index (χ4n) is 4.28. The van der Waals surface area contributed by atoms with Gasteiger partial charge in [0, 0.05) is 45.0 Å². The number of aryl methyl sites for hydroxylation is 1. The van der Waals surface area contributed by atoms with E-state index in [1.165, 1.54) is 10.1 Å². The number of H-pyrrole nitrogens is 1. The quantitative estimate of drug-likeness (QED) is 0.726. The number of hydrogen-bond acceptors (Lipinski definition) is 3. The highest BCUT2D eigenvalue weighted by atomic mass is 16.2. The average molecular weight is 393 g/mol. The smallest absolute Gasteiger partial charge is 0.274 e. The zero-order valence-electron chi connectivity index (χ0n) is 17.1. The van der Waals surface area contributed by atoms with Crippen molar-refractivity contribution in [3.63, 3.8) is 0 Å². The number of amides is 1. The van der Waals surface area contributed by atoms with E-state index in [9.17, 15) is 9.59 Å². The molecule has 152 valence electrons. The molecule has 1 saturated heterocycles. The number of likely N-dealkylation sites (tertiary alicyclic amines) is 1. The second-order valence-electron chi connectivity index (χ2n) is 8.12. The Kier molecular flexibility index (Phi) is 5.53. The van der Waals surface area contributed by atoms with E-state index in [-0.39, 0.29) is 11.5 Å². The van der Waals surface area contributed by atoms with Gasteiger partial charge in [0.25, 0.3) is 11.5 Å². The Morgan fingerprint density at radius 2 is 1.90 bits per heavy atom. The molecule has 0 saturated carbocycles. The van der Waals surface area contributed by atoms with Gasteiger partial charge in [-0.1, -0.05) is 30.3 Å². The van der Waals surface area contributed by atoms with Gasteiger partial charge in [-0.2, -0.15) is 0 Å². The van der Waals surface area contributed by atoms with Crippen molar-refractivity contribution >= 4 is 16.8 Å². The third kappa shape index (κ3) is 4.12. The predicted octanol–water partition coefficient (Wildman–Crippen LogP) is 2.85. The third-order valence-corrected chi connectivity index (χ3v) is 5.96. The maximum Gasteiger partial charge on any atom is 0.274 e. The molecule has 0 spiro atoms. The van der Waals surface area contributed by atoms with Crippen molar-refractivity contribution in [2.24, 2.45) is 13.0 Å². The molecular weight excluding hydrogens is 364 g/mol. The summed E-state index contributed by atoms with van der Waals surface area (Å²) in [7, 11) is 3.55. The van der Waals surface area contributed by atoms with Gasteiger partial charge in [0.15, 0.2) is 0 Å². The lowest BCUT2D eigenvalue weighted by atomic mass is 9.95. The molecule has 1 aliphatic heterocycles. The predicted molar refractivity (Wildman–Crippen MR) is 115 cm³/mol. The Morgan fingerprint density at radius 1 is 1.17 bits per heavy atom. The molecule has 3 aromatic rings. The number of carbonyl (C=O) groups excluding carboxylic acids is 1. The minimum atomic E-state index is -0.116. The van der Waals surface area contributed by atoms with Crippen molar-refractivity contribution < 1.29 is 4.79 Å². The molecule has 6 heteroatoms. The normalized spacial score (nSPS) is 15.7. The molecule has 29 heavy (non-hydrogen) atoms. The lowest BCUT2D eigenvalue weighted by Crippen LogP contribution is -2.39. The molecule has 6 nitrogen and oxygen atoms in total. The molecule has 0 bridgehead atoms. The van der Waals surface area contributed by atoms with Gasteiger partial charge < -0.3 is 14.5 Å². The summed E-state index contributed by atoms with van der Waals surface area (Å²) in [4.78, 5) is 32.6.